The molecule has 0 aliphatic rings. The molecule has 4 heteroatoms. The van der Waals surface area contributed by atoms with E-state index in [9.17, 15) is 4.79 Å². The lowest BCUT2D eigenvalue weighted by atomic mass is 10.1. The van der Waals surface area contributed by atoms with Gasteiger partial charge in [0, 0.05) is 12.3 Å². The molecule has 0 aliphatic carbocycles. The number of anilines is 1. The van der Waals surface area contributed by atoms with Crippen LogP contribution < -0.4 is 5.32 Å². The van der Waals surface area contributed by atoms with Crippen LogP contribution in [0, 0.1) is 11.3 Å². The fraction of sp³-hybridized carbons (Fsp3) is 0.125. The summed E-state index contributed by atoms with van der Waals surface area (Å²) in [5.41, 5.74) is 2.36. The van der Waals surface area contributed by atoms with Gasteiger partial charge < -0.3 is 10.4 Å². The van der Waals surface area contributed by atoms with E-state index in [4.69, 9.17) is 10.4 Å². The van der Waals surface area contributed by atoms with Crippen LogP contribution in [0.4, 0.5) is 5.69 Å². The number of hydrogen-bond acceptors (Lipinski definition) is 3. The molecular weight excluding hydrogens is 252 g/mol. The molecule has 0 bridgehead atoms. The van der Waals surface area contributed by atoms with Gasteiger partial charge in [0.25, 0.3) is 5.91 Å². The minimum atomic E-state index is -0.308. The molecule has 0 fully saturated rings. The Bertz CT molecular complexity index is 642. The standard InChI is InChI=1S/C16H14N2O2/c17-11-13-3-1-2-4-15(13)16(20)18-14-7-5-12(6-8-14)9-10-19/h1-8,19H,9-10H2,(H,18,20). The largest absolute Gasteiger partial charge is 0.396 e. The molecule has 0 atom stereocenters. The molecule has 0 spiro atoms. The Labute approximate surface area is 117 Å². The van der Waals surface area contributed by atoms with Gasteiger partial charge in [0.15, 0.2) is 0 Å². The molecule has 2 aromatic carbocycles. The van der Waals surface area contributed by atoms with Gasteiger partial charge in [-0.05, 0) is 36.2 Å². The van der Waals surface area contributed by atoms with Gasteiger partial charge in [-0.3, -0.25) is 4.79 Å². The topological polar surface area (TPSA) is 73.1 Å². The third kappa shape index (κ3) is 3.22. The van der Waals surface area contributed by atoms with Gasteiger partial charge in [0.2, 0.25) is 0 Å². The van der Waals surface area contributed by atoms with Crippen molar-refractivity contribution in [1.82, 2.24) is 0 Å². The molecule has 20 heavy (non-hydrogen) atoms. The highest BCUT2D eigenvalue weighted by atomic mass is 16.2. The van der Waals surface area contributed by atoms with Gasteiger partial charge >= 0.3 is 0 Å². The Morgan fingerprint density at radius 1 is 1.15 bits per heavy atom. The number of carbonyl (C=O) groups excluding carboxylic acids is 1. The van der Waals surface area contributed by atoms with E-state index in [1.54, 1.807) is 36.4 Å². The van der Waals surface area contributed by atoms with Crippen molar-refractivity contribution in [2.24, 2.45) is 0 Å². The van der Waals surface area contributed by atoms with E-state index < -0.39 is 0 Å². The highest BCUT2D eigenvalue weighted by molar-refractivity contribution is 6.05. The number of rotatable bonds is 4. The summed E-state index contributed by atoms with van der Waals surface area (Å²) in [7, 11) is 0. The monoisotopic (exact) mass is 266 g/mol. The van der Waals surface area contributed by atoms with Crippen molar-refractivity contribution < 1.29 is 9.90 Å². The summed E-state index contributed by atoms with van der Waals surface area (Å²) in [4.78, 5) is 12.1. The van der Waals surface area contributed by atoms with Crippen LogP contribution in [0.1, 0.15) is 21.5 Å². The number of carbonyl (C=O) groups is 1. The van der Waals surface area contributed by atoms with E-state index in [1.165, 1.54) is 0 Å². The quantitative estimate of drug-likeness (QED) is 0.892. The lowest BCUT2D eigenvalue weighted by Gasteiger charge is -2.07. The van der Waals surface area contributed by atoms with Crippen LogP contribution in [0.5, 0.6) is 0 Å². The average molecular weight is 266 g/mol. The molecule has 0 radical (unpaired) electrons. The number of nitriles is 1. The maximum absolute atomic E-state index is 12.1. The van der Waals surface area contributed by atoms with Gasteiger partial charge in [0.1, 0.15) is 0 Å². The van der Waals surface area contributed by atoms with Crippen molar-refractivity contribution in [3.05, 3.63) is 65.2 Å². The third-order valence-corrected chi connectivity index (χ3v) is 2.90. The summed E-state index contributed by atoms with van der Waals surface area (Å²) in [5.74, 6) is -0.308. The van der Waals surface area contributed by atoms with Crippen LogP contribution in [0.2, 0.25) is 0 Å². The zero-order chi connectivity index (χ0) is 14.4. The molecule has 0 aliphatic heterocycles. The number of nitrogens with one attached hydrogen (secondary N) is 1. The minimum Gasteiger partial charge on any atom is -0.396 e. The zero-order valence-corrected chi connectivity index (χ0v) is 10.8. The number of aliphatic hydroxyl groups is 1. The van der Waals surface area contributed by atoms with Crippen molar-refractivity contribution in [3.63, 3.8) is 0 Å². The summed E-state index contributed by atoms with van der Waals surface area (Å²) >= 11 is 0. The van der Waals surface area contributed by atoms with Gasteiger partial charge in [-0.25, -0.2) is 0 Å². The highest BCUT2D eigenvalue weighted by Gasteiger charge is 2.10. The van der Waals surface area contributed by atoms with Crippen LogP contribution in [-0.4, -0.2) is 17.6 Å². The molecule has 4 nitrogen and oxygen atoms in total. The average Bonchev–Trinajstić information content (AvgIpc) is 2.49. The normalized spacial score (nSPS) is 9.80. The van der Waals surface area contributed by atoms with E-state index in [2.05, 4.69) is 5.32 Å². The maximum Gasteiger partial charge on any atom is 0.257 e. The first-order valence-corrected chi connectivity index (χ1v) is 6.25. The van der Waals surface area contributed by atoms with Crippen molar-refractivity contribution in [3.8, 4) is 6.07 Å². The molecule has 0 heterocycles. The smallest absolute Gasteiger partial charge is 0.257 e. The van der Waals surface area contributed by atoms with E-state index in [0.717, 1.165) is 5.56 Å². The van der Waals surface area contributed by atoms with Crippen LogP contribution >= 0.6 is 0 Å². The van der Waals surface area contributed by atoms with Crippen molar-refractivity contribution in [1.29, 1.82) is 5.26 Å². The molecule has 0 aromatic heterocycles. The SMILES string of the molecule is N#Cc1ccccc1C(=O)Nc1ccc(CCO)cc1. The van der Waals surface area contributed by atoms with Crippen LogP contribution in [0.25, 0.3) is 0 Å². The first-order valence-electron chi connectivity index (χ1n) is 6.25. The second kappa shape index (κ2) is 6.50. The highest BCUT2D eigenvalue weighted by Crippen LogP contribution is 2.13. The molecule has 100 valence electrons. The predicted molar refractivity (Wildman–Crippen MR) is 76.3 cm³/mol. The Hall–Kier alpha value is -2.64. The summed E-state index contributed by atoms with van der Waals surface area (Å²) in [6, 6.07) is 15.9. The van der Waals surface area contributed by atoms with Crippen molar-refractivity contribution in [2.45, 2.75) is 6.42 Å². The lowest BCUT2D eigenvalue weighted by molar-refractivity contribution is 0.102. The summed E-state index contributed by atoms with van der Waals surface area (Å²) in [6.45, 7) is 0.0985. The number of hydrogen-bond donors (Lipinski definition) is 2. The number of nitrogens with zero attached hydrogens (tertiary/aromatic N) is 1. The van der Waals surface area contributed by atoms with E-state index in [-0.39, 0.29) is 12.5 Å². The van der Waals surface area contributed by atoms with Crippen molar-refractivity contribution >= 4 is 11.6 Å². The van der Waals surface area contributed by atoms with Gasteiger partial charge in [-0.2, -0.15) is 5.26 Å². The van der Waals surface area contributed by atoms with E-state index in [1.807, 2.05) is 18.2 Å². The van der Waals surface area contributed by atoms with E-state index in [0.29, 0.717) is 23.2 Å². The number of aliphatic hydroxyl groups excluding tert-OH is 1. The van der Waals surface area contributed by atoms with Crippen LogP contribution in [0.15, 0.2) is 48.5 Å². The molecule has 2 aromatic rings. The first kappa shape index (κ1) is 13.8. The van der Waals surface area contributed by atoms with E-state index >= 15 is 0 Å². The Balaban J connectivity index is 2.13. The lowest BCUT2D eigenvalue weighted by Crippen LogP contribution is -2.13. The molecule has 2 N–H and O–H groups in total. The zero-order valence-electron chi connectivity index (χ0n) is 10.8. The Morgan fingerprint density at radius 3 is 2.50 bits per heavy atom. The van der Waals surface area contributed by atoms with Crippen molar-refractivity contribution in [2.75, 3.05) is 11.9 Å². The molecule has 0 saturated carbocycles. The number of benzene rings is 2. The Morgan fingerprint density at radius 2 is 1.85 bits per heavy atom. The fourth-order valence-electron chi connectivity index (χ4n) is 1.86. The van der Waals surface area contributed by atoms with Gasteiger partial charge in [-0.15, -0.1) is 0 Å². The molecular formula is C16H14N2O2. The van der Waals surface area contributed by atoms with Crippen LogP contribution in [0.3, 0.4) is 0 Å². The maximum atomic E-state index is 12.1. The molecule has 0 unspecified atom stereocenters. The summed E-state index contributed by atoms with van der Waals surface area (Å²) in [5, 5.41) is 20.6. The minimum absolute atomic E-state index is 0.0985. The van der Waals surface area contributed by atoms with Crippen LogP contribution in [-0.2, 0) is 6.42 Å². The second-order valence-electron chi connectivity index (χ2n) is 4.28. The molecule has 1 amide bonds. The van der Waals surface area contributed by atoms with Gasteiger partial charge in [-0.1, -0.05) is 24.3 Å². The third-order valence-electron chi connectivity index (χ3n) is 2.90. The Kier molecular flexibility index (Phi) is 4.48. The first-order chi connectivity index (χ1) is 9.74. The summed E-state index contributed by atoms with van der Waals surface area (Å²) < 4.78 is 0. The van der Waals surface area contributed by atoms with Gasteiger partial charge in [0.05, 0.1) is 17.2 Å². The molecule has 2 rings (SSSR count). The molecule has 0 saturated heterocycles. The predicted octanol–water partition coefficient (Wildman–Crippen LogP) is 2.35. The fourth-order valence-corrected chi connectivity index (χ4v) is 1.86. The summed E-state index contributed by atoms with van der Waals surface area (Å²) in [6.07, 6.45) is 0.589. The number of amides is 1. The second-order valence-corrected chi connectivity index (χ2v) is 4.28.